The SMILES string of the molecule is CCC(CC)(CNC(C)C)CN(C)CCO. The number of hydrogen-bond acceptors (Lipinski definition) is 3. The van der Waals surface area contributed by atoms with Gasteiger partial charge in [0.15, 0.2) is 0 Å². The number of aliphatic hydroxyl groups excluding tert-OH is 1. The fourth-order valence-electron chi connectivity index (χ4n) is 2.02. The average Bonchev–Trinajstić information content (AvgIpc) is 2.24. The van der Waals surface area contributed by atoms with Crippen LogP contribution in [-0.2, 0) is 0 Å². The molecule has 0 aromatic heterocycles. The molecule has 0 aliphatic heterocycles. The minimum atomic E-state index is 0.248. The van der Waals surface area contributed by atoms with Crippen LogP contribution in [0.3, 0.4) is 0 Å². The highest BCUT2D eigenvalue weighted by molar-refractivity contribution is 4.82. The van der Waals surface area contributed by atoms with Crippen LogP contribution in [0.25, 0.3) is 0 Å². The summed E-state index contributed by atoms with van der Waals surface area (Å²) >= 11 is 0. The summed E-state index contributed by atoms with van der Waals surface area (Å²) in [5.74, 6) is 0. The Morgan fingerprint density at radius 2 is 1.81 bits per heavy atom. The average molecular weight is 230 g/mol. The summed E-state index contributed by atoms with van der Waals surface area (Å²) in [4.78, 5) is 2.23. The lowest BCUT2D eigenvalue weighted by Crippen LogP contribution is -2.44. The van der Waals surface area contributed by atoms with E-state index in [1.165, 1.54) is 12.8 Å². The number of likely N-dealkylation sites (N-methyl/N-ethyl adjacent to an activating group) is 1. The van der Waals surface area contributed by atoms with Crippen LogP contribution >= 0.6 is 0 Å². The first kappa shape index (κ1) is 15.9. The maximum Gasteiger partial charge on any atom is 0.0558 e. The molecule has 0 atom stereocenters. The zero-order valence-corrected chi connectivity index (χ0v) is 11.7. The van der Waals surface area contributed by atoms with Crippen LogP contribution in [0.2, 0.25) is 0 Å². The van der Waals surface area contributed by atoms with Crippen molar-refractivity contribution >= 4 is 0 Å². The molecule has 0 rings (SSSR count). The number of aliphatic hydroxyl groups is 1. The molecular weight excluding hydrogens is 200 g/mol. The van der Waals surface area contributed by atoms with E-state index in [9.17, 15) is 0 Å². The van der Waals surface area contributed by atoms with Gasteiger partial charge in [-0.25, -0.2) is 0 Å². The normalized spacial score (nSPS) is 12.8. The molecule has 0 aromatic carbocycles. The van der Waals surface area contributed by atoms with Gasteiger partial charge in [0.2, 0.25) is 0 Å². The van der Waals surface area contributed by atoms with E-state index in [0.29, 0.717) is 11.5 Å². The summed E-state index contributed by atoms with van der Waals surface area (Å²) in [5.41, 5.74) is 0.341. The van der Waals surface area contributed by atoms with E-state index in [4.69, 9.17) is 5.11 Å². The van der Waals surface area contributed by atoms with Gasteiger partial charge in [0.25, 0.3) is 0 Å². The summed E-state index contributed by atoms with van der Waals surface area (Å²) in [6.45, 7) is 12.0. The quantitative estimate of drug-likeness (QED) is 0.633. The van der Waals surface area contributed by atoms with Crippen LogP contribution in [0.4, 0.5) is 0 Å². The predicted octanol–water partition coefficient (Wildman–Crippen LogP) is 1.71. The zero-order chi connectivity index (χ0) is 12.6. The van der Waals surface area contributed by atoms with Gasteiger partial charge in [-0.15, -0.1) is 0 Å². The fraction of sp³-hybridized carbons (Fsp3) is 1.00. The molecule has 0 saturated carbocycles. The smallest absolute Gasteiger partial charge is 0.0558 e. The molecule has 2 N–H and O–H groups in total. The molecule has 0 saturated heterocycles. The van der Waals surface area contributed by atoms with Crippen LogP contribution in [0.1, 0.15) is 40.5 Å². The van der Waals surface area contributed by atoms with Gasteiger partial charge in [-0.05, 0) is 25.3 Å². The van der Waals surface area contributed by atoms with Gasteiger partial charge in [-0.2, -0.15) is 0 Å². The monoisotopic (exact) mass is 230 g/mol. The molecule has 0 aliphatic rings. The first-order valence-corrected chi connectivity index (χ1v) is 6.52. The third-order valence-electron chi connectivity index (χ3n) is 3.47. The van der Waals surface area contributed by atoms with Crippen LogP contribution in [-0.4, -0.2) is 49.3 Å². The third kappa shape index (κ3) is 5.83. The molecule has 16 heavy (non-hydrogen) atoms. The molecule has 3 nitrogen and oxygen atoms in total. The largest absolute Gasteiger partial charge is 0.395 e. The topological polar surface area (TPSA) is 35.5 Å². The van der Waals surface area contributed by atoms with E-state index >= 15 is 0 Å². The minimum Gasteiger partial charge on any atom is -0.395 e. The summed E-state index contributed by atoms with van der Waals surface area (Å²) in [7, 11) is 2.09. The fourth-order valence-corrected chi connectivity index (χ4v) is 2.02. The van der Waals surface area contributed by atoms with E-state index in [-0.39, 0.29) is 6.61 Å². The number of nitrogens with one attached hydrogen (secondary N) is 1. The Bertz CT molecular complexity index is 167. The van der Waals surface area contributed by atoms with Crippen molar-refractivity contribution in [3.63, 3.8) is 0 Å². The van der Waals surface area contributed by atoms with Crippen molar-refractivity contribution in [2.45, 2.75) is 46.6 Å². The van der Waals surface area contributed by atoms with Crippen molar-refractivity contribution in [2.24, 2.45) is 5.41 Å². The molecule has 3 heteroatoms. The first-order chi connectivity index (χ1) is 7.49. The summed E-state index contributed by atoms with van der Waals surface area (Å²) in [5, 5.41) is 12.5. The van der Waals surface area contributed by atoms with Crippen molar-refractivity contribution in [3.05, 3.63) is 0 Å². The van der Waals surface area contributed by atoms with E-state index in [1.54, 1.807) is 0 Å². The molecule has 0 radical (unpaired) electrons. The summed E-state index contributed by atoms with van der Waals surface area (Å²) in [6, 6.07) is 0.542. The Balaban J connectivity index is 4.30. The minimum absolute atomic E-state index is 0.248. The third-order valence-corrected chi connectivity index (χ3v) is 3.47. The predicted molar refractivity (Wildman–Crippen MR) is 70.7 cm³/mol. The van der Waals surface area contributed by atoms with Gasteiger partial charge in [0, 0.05) is 25.7 Å². The van der Waals surface area contributed by atoms with Crippen molar-refractivity contribution in [1.29, 1.82) is 0 Å². The molecule has 0 aromatic rings. The summed E-state index contributed by atoms with van der Waals surface area (Å²) < 4.78 is 0. The molecular formula is C13H30N2O. The van der Waals surface area contributed by atoms with E-state index in [2.05, 4.69) is 45.0 Å². The second-order valence-electron chi connectivity index (χ2n) is 5.20. The maximum absolute atomic E-state index is 8.94. The van der Waals surface area contributed by atoms with Gasteiger partial charge in [0.1, 0.15) is 0 Å². The van der Waals surface area contributed by atoms with Crippen molar-refractivity contribution in [2.75, 3.05) is 33.3 Å². The van der Waals surface area contributed by atoms with E-state index in [0.717, 1.165) is 19.6 Å². The van der Waals surface area contributed by atoms with Gasteiger partial charge in [-0.1, -0.05) is 27.7 Å². The number of nitrogens with zero attached hydrogens (tertiary/aromatic N) is 1. The van der Waals surface area contributed by atoms with Crippen LogP contribution in [0.5, 0.6) is 0 Å². The van der Waals surface area contributed by atoms with Crippen LogP contribution in [0.15, 0.2) is 0 Å². The molecule has 0 fully saturated rings. The Labute approximate surface area is 101 Å². The van der Waals surface area contributed by atoms with E-state index in [1.807, 2.05) is 0 Å². The van der Waals surface area contributed by atoms with E-state index < -0.39 is 0 Å². The summed E-state index contributed by atoms with van der Waals surface area (Å²) in [6.07, 6.45) is 2.36. The highest BCUT2D eigenvalue weighted by atomic mass is 16.3. The van der Waals surface area contributed by atoms with Crippen molar-refractivity contribution in [3.8, 4) is 0 Å². The van der Waals surface area contributed by atoms with Gasteiger partial charge >= 0.3 is 0 Å². The Hall–Kier alpha value is -0.120. The van der Waals surface area contributed by atoms with Crippen LogP contribution < -0.4 is 5.32 Å². The van der Waals surface area contributed by atoms with Gasteiger partial charge in [0.05, 0.1) is 6.61 Å². The molecule has 0 heterocycles. The number of rotatable bonds is 9. The van der Waals surface area contributed by atoms with Gasteiger partial charge < -0.3 is 15.3 Å². The highest BCUT2D eigenvalue weighted by Crippen LogP contribution is 2.26. The second kappa shape index (κ2) is 8.04. The Morgan fingerprint density at radius 3 is 2.19 bits per heavy atom. The zero-order valence-electron chi connectivity index (χ0n) is 11.7. The lowest BCUT2D eigenvalue weighted by atomic mass is 9.81. The maximum atomic E-state index is 8.94. The molecule has 0 bridgehead atoms. The van der Waals surface area contributed by atoms with Crippen molar-refractivity contribution < 1.29 is 5.11 Å². The Morgan fingerprint density at radius 1 is 1.25 bits per heavy atom. The highest BCUT2D eigenvalue weighted by Gasteiger charge is 2.27. The second-order valence-corrected chi connectivity index (χ2v) is 5.20. The van der Waals surface area contributed by atoms with Crippen LogP contribution in [0, 0.1) is 5.41 Å². The molecule has 0 spiro atoms. The molecule has 0 unspecified atom stereocenters. The standard InChI is InChI=1S/C13H30N2O/c1-6-13(7-2,10-14-12(3)4)11-15(5)8-9-16/h12,14,16H,6-11H2,1-5H3. The lowest BCUT2D eigenvalue weighted by molar-refractivity contribution is 0.132. The van der Waals surface area contributed by atoms with Crippen molar-refractivity contribution in [1.82, 2.24) is 10.2 Å². The molecule has 98 valence electrons. The molecule has 0 amide bonds. The first-order valence-electron chi connectivity index (χ1n) is 6.52. The Kier molecular flexibility index (Phi) is 7.98. The lowest BCUT2D eigenvalue weighted by Gasteiger charge is -2.36. The van der Waals surface area contributed by atoms with Gasteiger partial charge in [-0.3, -0.25) is 0 Å². The molecule has 0 aliphatic carbocycles. The number of hydrogen-bond donors (Lipinski definition) is 2.